The topological polar surface area (TPSA) is 55.1 Å². The number of nitrogens with two attached hydrogens (primary N) is 1. The average Bonchev–Trinajstić information content (AvgIpc) is 2.12. The molecule has 3 nitrogen and oxygen atoms in total. The minimum absolute atomic E-state index is 0.0605. The Kier molecular flexibility index (Phi) is 4.89. The molecule has 0 bridgehead atoms. The van der Waals surface area contributed by atoms with Gasteiger partial charge < -0.3 is 11.1 Å². The summed E-state index contributed by atoms with van der Waals surface area (Å²) in [5.41, 5.74) is 7.03. The fourth-order valence-corrected chi connectivity index (χ4v) is 2.47. The molecule has 0 saturated heterocycles. The third-order valence-electron chi connectivity index (χ3n) is 1.98. The summed E-state index contributed by atoms with van der Waals surface area (Å²) in [6.45, 7) is 1.93. The van der Waals surface area contributed by atoms with Crippen LogP contribution in [0.15, 0.2) is 12.1 Å². The van der Waals surface area contributed by atoms with Crippen molar-refractivity contribution in [2.75, 3.05) is 23.1 Å². The predicted octanol–water partition coefficient (Wildman–Crippen LogP) is 2.75. The van der Waals surface area contributed by atoms with Crippen LogP contribution in [0.2, 0.25) is 10.0 Å². The molecule has 1 rings (SSSR count). The number of benzene rings is 1. The molecule has 0 amide bonds. The van der Waals surface area contributed by atoms with Gasteiger partial charge in [-0.2, -0.15) is 0 Å². The van der Waals surface area contributed by atoms with Gasteiger partial charge in [0, 0.05) is 28.9 Å². The Morgan fingerprint density at radius 3 is 2.56 bits per heavy atom. The highest BCUT2D eigenvalue weighted by atomic mass is 35.5. The van der Waals surface area contributed by atoms with Crippen molar-refractivity contribution >= 4 is 45.4 Å². The molecule has 0 radical (unpaired) electrons. The van der Waals surface area contributed by atoms with Gasteiger partial charge in [0.05, 0.1) is 21.4 Å². The summed E-state index contributed by atoms with van der Waals surface area (Å²) >= 11 is 11.7. The molecule has 0 aliphatic rings. The van der Waals surface area contributed by atoms with Crippen LogP contribution in [-0.4, -0.2) is 22.3 Å². The fraction of sp³-hybridized carbons (Fsp3) is 0.400. The Bertz CT molecular complexity index is 412. The molecular weight excluding hydrogens is 267 g/mol. The quantitative estimate of drug-likeness (QED) is 0.834. The fourth-order valence-electron chi connectivity index (χ4n) is 1.35. The minimum atomic E-state index is -0.848. The highest BCUT2D eigenvalue weighted by Gasteiger charge is 2.09. The number of nitrogen functional groups attached to an aromatic ring is 1. The average molecular weight is 281 g/mol. The maximum absolute atomic E-state index is 11.0. The van der Waals surface area contributed by atoms with Gasteiger partial charge in [0.1, 0.15) is 0 Å². The van der Waals surface area contributed by atoms with Crippen molar-refractivity contribution in [1.29, 1.82) is 0 Å². The largest absolute Gasteiger partial charge is 0.397 e. The van der Waals surface area contributed by atoms with Gasteiger partial charge in [-0.25, -0.2) is 0 Å². The van der Waals surface area contributed by atoms with Crippen molar-refractivity contribution < 1.29 is 4.21 Å². The lowest BCUT2D eigenvalue weighted by Crippen LogP contribution is -2.22. The molecule has 3 N–H and O–H groups in total. The number of nitrogens with one attached hydrogen (secondary N) is 1. The third-order valence-corrected chi connectivity index (χ3v) is 3.67. The second-order valence-corrected chi connectivity index (χ2v) is 5.93. The van der Waals surface area contributed by atoms with E-state index in [0.717, 1.165) is 0 Å². The second-order valence-electron chi connectivity index (χ2n) is 3.64. The van der Waals surface area contributed by atoms with Crippen molar-refractivity contribution in [3.05, 3.63) is 22.2 Å². The van der Waals surface area contributed by atoms with Gasteiger partial charge in [-0.3, -0.25) is 4.21 Å². The van der Waals surface area contributed by atoms with E-state index in [9.17, 15) is 4.21 Å². The zero-order chi connectivity index (χ0) is 12.3. The van der Waals surface area contributed by atoms with Crippen LogP contribution in [0.25, 0.3) is 0 Å². The standard InChI is InChI=1S/C10H14Cl2N2OS/c1-6(5-16(2)15)14-10-4-8(12)7(11)3-9(10)13/h3-4,6,14H,5,13H2,1-2H3. The van der Waals surface area contributed by atoms with E-state index in [1.54, 1.807) is 18.4 Å². The summed E-state index contributed by atoms with van der Waals surface area (Å²) in [4.78, 5) is 0. The summed E-state index contributed by atoms with van der Waals surface area (Å²) in [5.74, 6) is 0.555. The highest BCUT2D eigenvalue weighted by molar-refractivity contribution is 7.84. The van der Waals surface area contributed by atoms with Crippen molar-refractivity contribution in [1.82, 2.24) is 0 Å². The molecule has 1 aromatic rings. The molecule has 2 atom stereocenters. The first-order valence-corrected chi connectivity index (χ1v) is 7.19. The minimum Gasteiger partial charge on any atom is -0.397 e. The Morgan fingerprint density at radius 2 is 2.00 bits per heavy atom. The van der Waals surface area contributed by atoms with Gasteiger partial charge in [-0.05, 0) is 19.1 Å². The maximum atomic E-state index is 11.0. The third kappa shape index (κ3) is 3.85. The van der Waals surface area contributed by atoms with Crippen LogP contribution >= 0.6 is 23.2 Å². The summed E-state index contributed by atoms with van der Waals surface area (Å²) in [7, 11) is -0.848. The van der Waals surface area contributed by atoms with E-state index in [1.165, 1.54) is 0 Å². The number of halogens is 2. The van der Waals surface area contributed by atoms with Gasteiger partial charge >= 0.3 is 0 Å². The monoisotopic (exact) mass is 280 g/mol. The van der Waals surface area contributed by atoms with E-state index in [0.29, 0.717) is 27.2 Å². The zero-order valence-electron chi connectivity index (χ0n) is 9.09. The molecule has 0 aliphatic heterocycles. The summed E-state index contributed by atoms with van der Waals surface area (Å²) in [6.07, 6.45) is 1.66. The Labute approximate surface area is 108 Å². The second kappa shape index (κ2) is 5.75. The van der Waals surface area contributed by atoms with Gasteiger partial charge in [-0.15, -0.1) is 0 Å². The Hall–Kier alpha value is -0.450. The number of hydrogen-bond donors (Lipinski definition) is 2. The molecule has 2 unspecified atom stereocenters. The molecule has 1 aromatic carbocycles. The van der Waals surface area contributed by atoms with Gasteiger partial charge in [0.25, 0.3) is 0 Å². The first-order valence-electron chi connectivity index (χ1n) is 4.71. The lowest BCUT2D eigenvalue weighted by Gasteiger charge is -2.16. The maximum Gasteiger partial charge on any atom is 0.0614 e. The van der Waals surface area contributed by atoms with Crippen LogP contribution in [0.5, 0.6) is 0 Å². The molecule has 0 spiro atoms. The summed E-state index contributed by atoms with van der Waals surface area (Å²) in [5, 5.41) is 4.02. The Balaban J connectivity index is 2.81. The Morgan fingerprint density at radius 1 is 1.44 bits per heavy atom. The van der Waals surface area contributed by atoms with E-state index < -0.39 is 10.8 Å². The van der Waals surface area contributed by atoms with Crippen LogP contribution in [0, 0.1) is 0 Å². The van der Waals surface area contributed by atoms with Gasteiger partial charge in [-0.1, -0.05) is 23.2 Å². The van der Waals surface area contributed by atoms with Gasteiger partial charge in [0.15, 0.2) is 0 Å². The summed E-state index contributed by atoms with van der Waals surface area (Å²) in [6, 6.07) is 3.33. The molecule has 0 aromatic heterocycles. The lowest BCUT2D eigenvalue weighted by molar-refractivity contribution is 0.683. The van der Waals surface area contributed by atoms with Crippen molar-refractivity contribution in [2.24, 2.45) is 0 Å². The van der Waals surface area contributed by atoms with Crippen LogP contribution in [0.1, 0.15) is 6.92 Å². The molecule has 0 heterocycles. The van der Waals surface area contributed by atoms with Gasteiger partial charge in [0.2, 0.25) is 0 Å². The zero-order valence-corrected chi connectivity index (χ0v) is 11.4. The SMILES string of the molecule is CC(CS(C)=O)Nc1cc(Cl)c(Cl)cc1N. The normalized spacial score (nSPS) is 14.5. The van der Waals surface area contributed by atoms with Crippen molar-refractivity contribution in [3.8, 4) is 0 Å². The lowest BCUT2D eigenvalue weighted by atomic mass is 10.2. The van der Waals surface area contributed by atoms with E-state index >= 15 is 0 Å². The highest BCUT2D eigenvalue weighted by Crippen LogP contribution is 2.30. The van der Waals surface area contributed by atoms with Crippen LogP contribution in [0.4, 0.5) is 11.4 Å². The molecule has 6 heteroatoms. The molecule has 16 heavy (non-hydrogen) atoms. The molecule has 0 aliphatic carbocycles. The number of hydrogen-bond acceptors (Lipinski definition) is 3. The van der Waals surface area contributed by atoms with Crippen LogP contribution < -0.4 is 11.1 Å². The van der Waals surface area contributed by atoms with E-state index in [1.807, 2.05) is 6.92 Å². The number of anilines is 2. The van der Waals surface area contributed by atoms with Crippen molar-refractivity contribution in [3.63, 3.8) is 0 Å². The summed E-state index contributed by atoms with van der Waals surface area (Å²) < 4.78 is 11.0. The van der Waals surface area contributed by atoms with Crippen LogP contribution in [0.3, 0.4) is 0 Å². The first kappa shape index (κ1) is 13.6. The van der Waals surface area contributed by atoms with Crippen molar-refractivity contribution in [2.45, 2.75) is 13.0 Å². The molecule has 90 valence electrons. The molecular formula is C10H14Cl2N2OS. The molecule has 0 saturated carbocycles. The predicted molar refractivity (Wildman–Crippen MR) is 72.9 cm³/mol. The smallest absolute Gasteiger partial charge is 0.0614 e. The van der Waals surface area contributed by atoms with E-state index in [2.05, 4.69) is 5.32 Å². The number of rotatable bonds is 4. The molecule has 0 fully saturated rings. The van der Waals surface area contributed by atoms with E-state index in [4.69, 9.17) is 28.9 Å². The first-order chi connectivity index (χ1) is 7.40. The van der Waals surface area contributed by atoms with Crippen LogP contribution in [-0.2, 0) is 10.8 Å². The van der Waals surface area contributed by atoms with E-state index in [-0.39, 0.29) is 6.04 Å².